The number of fused-ring (bicyclic) bond motifs is 1. The minimum atomic E-state index is 0.453. The molecule has 0 radical (unpaired) electrons. The summed E-state index contributed by atoms with van der Waals surface area (Å²) >= 11 is 0. The molecule has 0 amide bonds. The lowest BCUT2D eigenvalue weighted by atomic mass is 10.1. The van der Waals surface area contributed by atoms with Crippen LogP contribution in [0.3, 0.4) is 0 Å². The highest BCUT2D eigenvalue weighted by Gasteiger charge is 2.10. The lowest BCUT2D eigenvalue weighted by Gasteiger charge is -2.22. The van der Waals surface area contributed by atoms with Crippen LogP contribution >= 0.6 is 0 Å². The van der Waals surface area contributed by atoms with E-state index in [0.29, 0.717) is 12.5 Å². The second kappa shape index (κ2) is 5.10. The summed E-state index contributed by atoms with van der Waals surface area (Å²) < 4.78 is 0. The highest BCUT2D eigenvalue weighted by Crippen LogP contribution is 2.21. The van der Waals surface area contributed by atoms with Gasteiger partial charge >= 0.3 is 0 Å². The fourth-order valence-corrected chi connectivity index (χ4v) is 1.92. The van der Waals surface area contributed by atoms with Gasteiger partial charge in [0.25, 0.3) is 0 Å². The zero-order valence-corrected chi connectivity index (χ0v) is 10.3. The molecule has 0 aliphatic rings. The molecule has 4 heteroatoms. The van der Waals surface area contributed by atoms with Crippen molar-refractivity contribution in [1.82, 2.24) is 9.97 Å². The van der Waals surface area contributed by atoms with Crippen molar-refractivity contribution in [3.8, 4) is 0 Å². The SMILES string of the molecule is CC(CN)CN(C)c1ncnc2ccccc12. The third kappa shape index (κ3) is 2.53. The molecular formula is C13H18N4. The Bertz CT molecular complexity index is 492. The van der Waals surface area contributed by atoms with E-state index in [1.54, 1.807) is 6.33 Å². The zero-order valence-electron chi connectivity index (χ0n) is 10.3. The fourth-order valence-electron chi connectivity index (χ4n) is 1.92. The summed E-state index contributed by atoms with van der Waals surface area (Å²) in [4.78, 5) is 10.8. The van der Waals surface area contributed by atoms with Crippen LogP contribution < -0.4 is 10.6 Å². The normalized spacial score (nSPS) is 12.6. The quantitative estimate of drug-likeness (QED) is 0.868. The molecule has 0 fully saturated rings. The molecular weight excluding hydrogens is 212 g/mol. The average Bonchev–Trinajstić information content (AvgIpc) is 2.37. The van der Waals surface area contributed by atoms with E-state index in [2.05, 4.69) is 21.8 Å². The maximum Gasteiger partial charge on any atom is 0.139 e. The van der Waals surface area contributed by atoms with Crippen molar-refractivity contribution in [2.24, 2.45) is 11.7 Å². The Balaban J connectivity index is 2.34. The molecule has 1 unspecified atom stereocenters. The number of nitrogens with zero attached hydrogens (tertiary/aromatic N) is 3. The molecule has 2 rings (SSSR count). The van der Waals surface area contributed by atoms with Crippen LogP contribution in [0, 0.1) is 5.92 Å². The molecule has 0 bridgehead atoms. The molecule has 0 saturated heterocycles. The Hall–Kier alpha value is -1.68. The molecule has 0 aliphatic carbocycles. The number of hydrogen-bond acceptors (Lipinski definition) is 4. The highest BCUT2D eigenvalue weighted by atomic mass is 15.2. The summed E-state index contributed by atoms with van der Waals surface area (Å²) in [6.45, 7) is 3.73. The number of benzene rings is 1. The second-order valence-corrected chi connectivity index (χ2v) is 4.44. The van der Waals surface area contributed by atoms with E-state index in [0.717, 1.165) is 23.3 Å². The molecule has 1 heterocycles. The van der Waals surface area contributed by atoms with E-state index in [4.69, 9.17) is 5.73 Å². The third-order valence-electron chi connectivity index (χ3n) is 2.87. The first-order valence-electron chi connectivity index (χ1n) is 5.83. The van der Waals surface area contributed by atoms with Crippen molar-refractivity contribution in [1.29, 1.82) is 0 Å². The van der Waals surface area contributed by atoms with Gasteiger partial charge in [0, 0.05) is 19.0 Å². The first-order valence-corrected chi connectivity index (χ1v) is 5.83. The van der Waals surface area contributed by atoms with Crippen LogP contribution in [-0.2, 0) is 0 Å². The van der Waals surface area contributed by atoms with Gasteiger partial charge in [0.2, 0.25) is 0 Å². The first kappa shape index (κ1) is 11.8. The molecule has 17 heavy (non-hydrogen) atoms. The molecule has 1 atom stereocenters. The van der Waals surface area contributed by atoms with E-state index < -0.39 is 0 Å². The Morgan fingerprint density at radius 3 is 2.82 bits per heavy atom. The topological polar surface area (TPSA) is 55.0 Å². The fraction of sp³-hybridized carbons (Fsp3) is 0.385. The number of anilines is 1. The maximum absolute atomic E-state index is 5.65. The highest BCUT2D eigenvalue weighted by molar-refractivity contribution is 5.89. The van der Waals surface area contributed by atoms with E-state index >= 15 is 0 Å². The van der Waals surface area contributed by atoms with Gasteiger partial charge in [-0.3, -0.25) is 0 Å². The molecule has 4 nitrogen and oxygen atoms in total. The van der Waals surface area contributed by atoms with Crippen LogP contribution in [0.2, 0.25) is 0 Å². The Morgan fingerprint density at radius 1 is 1.29 bits per heavy atom. The molecule has 90 valence electrons. The first-order chi connectivity index (χ1) is 8.22. The smallest absolute Gasteiger partial charge is 0.139 e. The van der Waals surface area contributed by atoms with Crippen molar-refractivity contribution in [2.75, 3.05) is 25.0 Å². The summed E-state index contributed by atoms with van der Waals surface area (Å²) in [5.41, 5.74) is 6.63. The summed E-state index contributed by atoms with van der Waals surface area (Å²) in [6.07, 6.45) is 1.61. The third-order valence-corrected chi connectivity index (χ3v) is 2.87. The summed E-state index contributed by atoms with van der Waals surface area (Å²) in [7, 11) is 2.04. The van der Waals surface area contributed by atoms with E-state index in [1.807, 2.05) is 31.3 Å². The maximum atomic E-state index is 5.65. The minimum Gasteiger partial charge on any atom is -0.359 e. The van der Waals surface area contributed by atoms with Crippen LogP contribution in [0.1, 0.15) is 6.92 Å². The lowest BCUT2D eigenvalue weighted by Crippen LogP contribution is -2.29. The van der Waals surface area contributed by atoms with Gasteiger partial charge in [-0.15, -0.1) is 0 Å². The number of nitrogens with two attached hydrogens (primary N) is 1. The standard InChI is InChI=1S/C13H18N4/c1-10(7-14)8-17(2)13-11-5-3-4-6-12(11)15-9-16-13/h3-6,9-10H,7-8,14H2,1-2H3. The second-order valence-electron chi connectivity index (χ2n) is 4.44. The van der Waals surface area contributed by atoms with Gasteiger partial charge < -0.3 is 10.6 Å². The van der Waals surface area contributed by atoms with Crippen molar-refractivity contribution in [2.45, 2.75) is 6.92 Å². The predicted octanol–water partition coefficient (Wildman–Crippen LogP) is 1.66. The predicted molar refractivity (Wildman–Crippen MR) is 71.0 cm³/mol. The van der Waals surface area contributed by atoms with E-state index in [1.165, 1.54) is 0 Å². The van der Waals surface area contributed by atoms with Gasteiger partial charge in [-0.1, -0.05) is 19.1 Å². The Kier molecular flexibility index (Phi) is 3.54. The monoisotopic (exact) mass is 230 g/mol. The van der Waals surface area contributed by atoms with Crippen LogP contribution in [0.5, 0.6) is 0 Å². The Morgan fingerprint density at radius 2 is 2.06 bits per heavy atom. The van der Waals surface area contributed by atoms with Crippen molar-refractivity contribution in [3.05, 3.63) is 30.6 Å². The van der Waals surface area contributed by atoms with Gasteiger partial charge in [-0.25, -0.2) is 9.97 Å². The summed E-state index contributed by atoms with van der Waals surface area (Å²) in [5, 5.41) is 1.08. The van der Waals surface area contributed by atoms with Crippen molar-refractivity contribution < 1.29 is 0 Å². The van der Waals surface area contributed by atoms with Gasteiger partial charge in [-0.05, 0) is 24.6 Å². The number of rotatable bonds is 4. The average molecular weight is 230 g/mol. The largest absolute Gasteiger partial charge is 0.359 e. The van der Waals surface area contributed by atoms with Gasteiger partial charge in [0.1, 0.15) is 12.1 Å². The minimum absolute atomic E-state index is 0.453. The van der Waals surface area contributed by atoms with E-state index in [9.17, 15) is 0 Å². The van der Waals surface area contributed by atoms with Crippen LogP contribution in [0.4, 0.5) is 5.82 Å². The molecule has 2 aromatic rings. The number of hydrogen-bond donors (Lipinski definition) is 1. The summed E-state index contributed by atoms with van der Waals surface area (Å²) in [5.74, 6) is 1.42. The molecule has 1 aromatic heterocycles. The van der Waals surface area contributed by atoms with Crippen molar-refractivity contribution >= 4 is 16.7 Å². The van der Waals surface area contributed by atoms with Gasteiger partial charge in [-0.2, -0.15) is 0 Å². The number of para-hydroxylation sites is 1. The van der Waals surface area contributed by atoms with Crippen LogP contribution in [0.15, 0.2) is 30.6 Å². The Labute approximate surface area is 101 Å². The molecule has 2 N–H and O–H groups in total. The van der Waals surface area contributed by atoms with Crippen molar-refractivity contribution in [3.63, 3.8) is 0 Å². The van der Waals surface area contributed by atoms with Crippen LogP contribution in [0.25, 0.3) is 10.9 Å². The van der Waals surface area contributed by atoms with Crippen LogP contribution in [-0.4, -0.2) is 30.1 Å². The number of aromatic nitrogens is 2. The van der Waals surface area contributed by atoms with E-state index in [-0.39, 0.29) is 0 Å². The van der Waals surface area contributed by atoms with Gasteiger partial charge in [0.15, 0.2) is 0 Å². The molecule has 0 saturated carbocycles. The summed E-state index contributed by atoms with van der Waals surface area (Å²) in [6, 6.07) is 8.05. The molecule has 0 aliphatic heterocycles. The molecule has 1 aromatic carbocycles. The van der Waals surface area contributed by atoms with Gasteiger partial charge in [0.05, 0.1) is 5.52 Å². The zero-order chi connectivity index (χ0) is 12.3. The lowest BCUT2D eigenvalue weighted by molar-refractivity contribution is 0.588. The molecule has 0 spiro atoms.